The van der Waals surface area contributed by atoms with Crippen LogP contribution in [0.15, 0.2) is 90.7 Å². The topological polar surface area (TPSA) is 92.3 Å². The van der Waals surface area contributed by atoms with E-state index in [1.807, 2.05) is 54.1 Å². The number of carbonyl (C=O) groups is 1. The lowest BCUT2D eigenvalue weighted by Crippen LogP contribution is -2.10. The van der Waals surface area contributed by atoms with Crippen molar-refractivity contribution in [1.29, 1.82) is 0 Å². The van der Waals surface area contributed by atoms with Gasteiger partial charge in [0.05, 0.1) is 11.4 Å². The van der Waals surface area contributed by atoms with Crippen molar-refractivity contribution in [3.63, 3.8) is 0 Å². The number of pyridine rings is 1. The lowest BCUT2D eigenvalue weighted by Gasteiger charge is -2.19. The van der Waals surface area contributed by atoms with E-state index in [0.717, 1.165) is 35.4 Å². The van der Waals surface area contributed by atoms with Crippen LogP contribution >= 0.6 is 0 Å². The minimum absolute atomic E-state index is 0.439. The van der Waals surface area contributed by atoms with Crippen LogP contribution in [0.1, 0.15) is 28.9 Å². The van der Waals surface area contributed by atoms with Crippen LogP contribution in [-0.2, 0) is 16.5 Å². The van der Waals surface area contributed by atoms with Crippen molar-refractivity contribution in [2.45, 2.75) is 12.8 Å². The number of benzene rings is 1. The van der Waals surface area contributed by atoms with Crippen molar-refractivity contribution in [2.75, 3.05) is 0 Å². The number of rotatable bonds is 5. The number of amides is 1. The Morgan fingerprint density at radius 3 is 2.61 bits per heavy atom. The van der Waals surface area contributed by atoms with Gasteiger partial charge in [0.2, 0.25) is 5.91 Å². The predicted octanol–water partition coefficient (Wildman–Crippen LogP) is 4.71. The summed E-state index contributed by atoms with van der Waals surface area (Å²) in [5, 5.41) is 0. The number of aromatic nitrogens is 3. The van der Waals surface area contributed by atoms with E-state index < -0.39 is 5.91 Å². The van der Waals surface area contributed by atoms with Crippen LogP contribution in [0.4, 0.5) is 0 Å². The molecular formula is C26H22N4O3. The molecule has 164 valence electrons. The zero-order chi connectivity index (χ0) is 22.8. The molecular weight excluding hydrogens is 416 g/mol. The van der Waals surface area contributed by atoms with E-state index in [1.54, 1.807) is 30.9 Å². The number of nitrogens with zero attached hydrogens (tertiary/aromatic N) is 3. The number of allylic oxidation sites excluding steroid dienone is 4. The Bertz CT molecular complexity index is 1330. The standard InChI is InChI=1S/C26H22N4O3/c1-30-24(20-9-5-6-14-28-20)23(29-26(30)19-12-10-18(11-13-19)25(27)31)22-16-32-15-21(33-22)17-7-3-2-4-8-17/h2-3,5-7,9-16H,4,8H2,1H3,(H2,27,31). The van der Waals surface area contributed by atoms with Gasteiger partial charge in [-0.15, -0.1) is 0 Å². The Morgan fingerprint density at radius 2 is 1.91 bits per heavy atom. The van der Waals surface area contributed by atoms with Crippen molar-refractivity contribution in [3.8, 4) is 22.8 Å². The summed E-state index contributed by atoms with van der Waals surface area (Å²) in [6.45, 7) is 0. The van der Waals surface area contributed by atoms with Gasteiger partial charge in [0, 0.05) is 24.4 Å². The normalized spacial score (nSPS) is 15.1. The third kappa shape index (κ3) is 3.96. The Kier molecular flexibility index (Phi) is 5.36. The molecule has 0 radical (unpaired) electrons. The molecule has 0 atom stereocenters. The maximum atomic E-state index is 11.5. The van der Waals surface area contributed by atoms with Crippen molar-refractivity contribution in [1.82, 2.24) is 14.5 Å². The SMILES string of the molecule is Cn1c(-c2ccc(C(N)=O)cc2)nc(C2=COC=C(C3=CC=CCC3)O2)c1-c1ccccn1. The van der Waals surface area contributed by atoms with Gasteiger partial charge >= 0.3 is 0 Å². The summed E-state index contributed by atoms with van der Waals surface area (Å²) in [4.78, 5) is 20.9. The molecule has 1 aliphatic heterocycles. The number of hydrogen-bond donors (Lipinski definition) is 1. The fourth-order valence-electron chi connectivity index (χ4n) is 3.89. The lowest BCUT2D eigenvalue weighted by atomic mass is 10.0. The van der Waals surface area contributed by atoms with Gasteiger partial charge in [-0.1, -0.05) is 36.4 Å². The zero-order valence-corrected chi connectivity index (χ0v) is 18.1. The molecule has 7 heteroatoms. The maximum Gasteiger partial charge on any atom is 0.248 e. The summed E-state index contributed by atoms with van der Waals surface area (Å²) in [5.74, 6) is 1.39. The highest BCUT2D eigenvalue weighted by atomic mass is 16.5. The van der Waals surface area contributed by atoms with Crippen LogP contribution in [0.3, 0.4) is 0 Å². The molecule has 2 N–H and O–H groups in total. The summed E-state index contributed by atoms with van der Waals surface area (Å²) in [5.41, 5.74) is 9.89. The third-order valence-corrected chi connectivity index (χ3v) is 5.56. The minimum Gasteiger partial charge on any atom is -0.465 e. The average molecular weight is 438 g/mol. The lowest BCUT2D eigenvalue weighted by molar-refractivity contribution is 0.100. The highest BCUT2D eigenvalue weighted by molar-refractivity contribution is 5.93. The third-order valence-electron chi connectivity index (χ3n) is 5.56. The number of carbonyl (C=O) groups excluding carboxylic acids is 1. The van der Waals surface area contributed by atoms with Gasteiger partial charge in [-0.05, 0) is 42.7 Å². The first kappa shape index (κ1) is 20.5. The van der Waals surface area contributed by atoms with Crippen LogP contribution in [0.25, 0.3) is 28.5 Å². The van der Waals surface area contributed by atoms with Gasteiger partial charge in [0.25, 0.3) is 0 Å². The van der Waals surface area contributed by atoms with E-state index in [0.29, 0.717) is 28.6 Å². The first-order chi connectivity index (χ1) is 16.1. The molecule has 3 aromatic rings. The zero-order valence-electron chi connectivity index (χ0n) is 18.1. The largest absolute Gasteiger partial charge is 0.465 e. The molecule has 0 bridgehead atoms. The minimum atomic E-state index is -0.472. The van der Waals surface area contributed by atoms with Crippen LogP contribution in [0.5, 0.6) is 0 Å². The average Bonchev–Trinajstić information content (AvgIpc) is 3.22. The molecule has 7 nitrogen and oxygen atoms in total. The van der Waals surface area contributed by atoms with Gasteiger partial charge in [-0.25, -0.2) is 4.98 Å². The molecule has 0 unspecified atom stereocenters. The number of imidazole rings is 1. The van der Waals surface area contributed by atoms with Gasteiger partial charge in [-0.3, -0.25) is 9.78 Å². The molecule has 1 amide bonds. The molecule has 3 heterocycles. The van der Waals surface area contributed by atoms with Crippen molar-refractivity contribution in [2.24, 2.45) is 12.8 Å². The molecule has 0 spiro atoms. The summed E-state index contributed by atoms with van der Waals surface area (Å²) in [7, 11) is 1.92. The molecule has 0 fully saturated rings. The quantitative estimate of drug-likeness (QED) is 0.623. The highest BCUT2D eigenvalue weighted by Crippen LogP contribution is 2.36. The number of primary amides is 1. The smallest absolute Gasteiger partial charge is 0.248 e. The highest BCUT2D eigenvalue weighted by Gasteiger charge is 2.26. The van der Waals surface area contributed by atoms with Gasteiger partial charge < -0.3 is 19.8 Å². The molecule has 5 rings (SSSR count). The molecule has 2 aromatic heterocycles. The molecule has 0 saturated heterocycles. The van der Waals surface area contributed by atoms with E-state index in [1.165, 1.54) is 0 Å². The van der Waals surface area contributed by atoms with Crippen LogP contribution < -0.4 is 5.73 Å². The van der Waals surface area contributed by atoms with E-state index in [9.17, 15) is 4.79 Å². The van der Waals surface area contributed by atoms with Gasteiger partial charge in [0.1, 0.15) is 24.0 Å². The van der Waals surface area contributed by atoms with Gasteiger partial charge in [-0.2, -0.15) is 0 Å². The number of hydrogen-bond acceptors (Lipinski definition) is 5. The van der Waals surface area contributed by atoms with Crippen LogP contribution in [-0.4, -0.2) is 20.4 Å². The van der Waals surface area contributed by atoms with E-state index in [2.05, 4.69) is 11.1 Å². The fourth-order valence-corrected chi connectivity index (χ4v) is 3.89. The Morgan fingerprint density at radius 1 is 1.09 bits per heavy atom. The maximum absolute atomic E-state index is 11.5. The van der Waals surface area contributed by atoms with E-state index in [-0.39, 0.29) is 0 Å². The predicted molar refractivity (Wildman–Crippen MR) is 125 cm³/mol. The summed E-state index contributed by atoms with van der Waals surface area (Å²) < 4.78 is 13.9. The second-order valence-electron chi connectivity index (χ2n) is 7.71. The molecule has 1 aliphatic carbocycles. The van der Waals surface area contributed by atoms with Crippen LogP contribution in [0.2, 0.25) is 0 Å². The van der Waals surface area contributed by atoms with Gasteiger partial charge in [0.15, 0.2) is 11.5 Å². The Labute approximate surface area is 191 Å². The monoisotopic (exact) mass is 438 g/mol. The Hall–Kier alpha value is -4.39. The van der Waals surface area contributed by atoms with E-state index >= 15 is 0 Å². The Balaban J connectivity index is 1.58. The van der Waals surface area contributed by atoms with E-state index in [4.69, 9.17) is 20.2 Å². The summed E-state index contributed by atoms with van der Waals surface area (Å²) >= 11 is 0. The molecule has 1 aromatic carbocycles. The molecule has 33 heavy (non-hydrogen) atoms. The first-order valence-electron chi connectivity index (χ1n) is 10.6. The van der Waals surface area contributed by atoms with Crippen molar-refractivity contribution < 1.29 is 14.3 Å². The summed E-state index contributed by atoms with van der Waals surface area (Å²) in [6.07, 6.45) is 12.9. The molecule has 2 aliphatic rings. The summed E-state index contributed by atoms with van der Waals surface area (Å²) in [6, 6.07) is 12.8. The number of nitrogens with two attached hydrogens (primary N) is 1. The molecule has 0 saturated carbocycles. The second-order valence-corrected chi connectivity index (χ2v) is 7.71. The van der Waals surface area contributed by atoms with Crippen LogP contribution in [0, 0.1) is 0 Å². The second kappa shape index (κ2) is 8.63. The fraction of sp³-hybridized carbons (Fsp3) is 0.115. The first-order valence-corrected chi connectivity index (χ1v) is 10.6. The number of ether oxygens (including phenoxy) is 2. The van der Waals surface area contributed by atoms with Crippen molar-refractivity contribution >= 4 is 11.7 Å². The van der Waals surface area contributed by atoms with Crippen molar-refractivity contribution in [3.05, 3.63) is 102 Å².